The van der Waals surface area contributed by atoms with Gasteiger partial charge in [-0.2, -0.15) is 0 Å². The Morgan fingerprint density at radius 2 is 2.19 bits per heavy atom. The van der Waals surface area contributed by atoms with Crippen LogP contribution in [0.1, 0.15) is 33.1 Å². The SMILES string of the molecule is CC(CCN)CCC(=O)NCC1(C)COC1. The van der Waals surface area contributed by atoms with Crippen LogP contribution >= 0.6 is 0 Å². The molecule has 1 unspecified atom stereocenters. The molecule has 4 heteroatoms. The van der Waals surface area contributed by atoms with Crippen LogP contribution in [0.3, 0.4) is 0 Å². The van der Waals surface area contributed by atoms with Crippen molar-refractivity contribution in [3.05, 3.63) is 0 Å². The van der Waals surface area contributed by atoms with Crippen LogP contribution in [0.4, 0.5) is 0 Å². The molecule has 0 spiro atoms. The second-order valence-electron chi connectivity index (χ2n) is 5.30. The number of rotatable bonds is 7. The summed E-state index contributed by atoms with van der Waals surface area (Å²) in [4.78, 5) is 11.6. The number of nitrogens with one attached hydrogen (secondary N) is 1. The van der Waals surface area contributed by atoms with Crippen LogP contribution in [0, 0.1) is 11.3 Å². The monoisotopic (exact) mass is 228 g/mol. The molecule has 1 heterocycles. The highest BCUT2D eigenvalue weighted by atomic mass is 16.5. The number of ether oxygens (including phenoxy) is 1. The van der Waals surface area contributed by atoms with Crippen LogP contribution in [0.15, 0.2) is 0 Å². The van der Waals surface area contributed by atoms with Crippen LogP contribution in [-0.2, 0) is 9.53 Å². The first-order valence-electron chi connectivity index (χ1n) is 6.10. The average molecular weight is 228 g/mol. The van der Waals surface area contributed by atoms with Gasteiger partial charge in [0.05, 0.1) is 13.2 Å². The Morgan fingerprint density at radius 3 is 2.69 bits per heavy atom. The summed E-state index contributed by atoms with van der Waals surface area (Å²) in [7, 11) is 0. The lowest BCUT2D eigenvalue weighted by atomic mass is 9.88. The number of hydrogen-bond acceptors (Lipinski definition) is 3. The second kappa shape index (κ2) is 6.21. The Kier molecular flexibility index (Phi) is 5.22. The average Bonchev–Trinajstić information content (AvgIpc) is 2.21. The van der Waals surface area contributed by atoms with Crippen LogP contribution in [0.25, 0.3) is 0 Å². The van der Waals surface area contributed by atoms with Crippen molar-refractivity contribution in [2.24, 2.45) is 17.1 Å². The van der Waals surface area contributed by atoms with Crippen LogP contribution in [0.5, 0.6) is 0 Å². The predicted molar refractivity (Wildman–Crippen MR) is 64.0 cm³/mol. The summed E-state index contributed by atoms with van der Waals surface area (Å²) in [5, 5.41) is 2.97. The molecule has 1 saturated heterocycles. The highest BCUT2D eigenvalue weighted by Gasteiger charge is 2.33. The van der Waals surface area contributed by atoms with Gasteiger partial charge in [-0.15, -0.1) is 0 Å². The zero-order valence-electron chi connectivity index (χ0n) is 10.4. The largest absolute Gasteiger partial charge is 0.380 e. The first-order valence-corrected chi connectivity index (χ1v) is 6.10. The zero-order valence-corrected chi connectivity index (χ0v) is 10.4. The van der Waals surface area contributed by atoms with Gasteiger partial charge in [-0.3, -0.25) is 4.79 Å². The van der Waals surface area contributed by atoms with E-state index in [0.29, 0.717) is 18.9 Å². The van der Waals surface area contributed by atoms with E-state index in [-0.39, 0.29) is 11.3 Å². The van der Waals surface area contributed by atoms with E-state index >= 15 is 0 Å². The van der Waals surface area contributed by atoms with Crippen LogP contribution in [-0.4, -0.2) is 32.2 Å². The van der Waals surface area contributed by atoms with Gasteiger partial charge >= 0.3 is 0 Å². The van der Waals surface area contributed by atoms with Gasteiger partial charge < -0.3 is 15.8 Å². The summed E-state index contributed by atoms with van der Waals surface area (Å²) >= 11 is 0. The summed E-state index contributed by atoms with van der Waals surface area (Å²) in [5.41, 5.74) is 5.63. The molecule has 1 fully saturated rings. The van der Waals surface area contributed by atoms with E-state index in [4.69, 9.17) is 10.5 Å². The fourth-order valence-electron chi connectivity index (χ4n) is 1.76. The Hall–Kier alpha value is -0.610. The number of carbonyl (C=O) groups is 1. The molecule has 0 aromatic carbocycles. The third kappa shape index (κ3) is 4.49. The van der Waals surface area contributed by atoms with Gasteiger partial charge in [0.15, 0.2) is 0 Å². The van der Waals surface area contributed by atoms with E-state index in [1.807, 2.05) is 0 Å². The Morgan fingerprint density at radius 1 is 1.50 bits per heavy atom. The molecule has 94 valence electrons. The molecule has 1 aliphatic rings. The van der Waals surface area contributed by atoms with Gasteiger partial charge in [-0.25, -0.2) is 0 Å². The number of nitrogens with two attached hydrogens (primary N) is 1. The van der Waals surface area contributed by atoms with Crippen molar-refractivity contribution in [1.29, 1.82) is 0 Å². The minimum atomic E-state index is 0.150. The molecule has 0 aromatic rings. The van der Waals surface area contributed by atoms with E-state index < -0.39 is 0 Å². The fourth-order valence-corrected chi connectivity index (χ4v) is 1.76. The predicted octanol–water partition coefficient (Wildman–Crippen LogP) is 0.904. The van der Waals surface area contributed by atoms with Crippen molar-refractivity contribution in [2.75, 3.05) is 26.3 Å². The summed E-state index contributed by atoms with van der Waals surface area (Å²) in [6.07, 6.45) is 2.53. The van der Waals surface area contributed by atoms with E-state index in [9.17, 15) is 4.79 Å². The molecule has 1 amide bonds. The number of amides is 1. The molecule has 0 bridgehead atoms. The lowest BCUT2D eigenvalue weighted by Crippen LogP contribution is -2.48. The molecular formula is C12H24N2O2. The first-order chi connectivity index (χ1) is 7.56. The van der Waals surface area contributed by atoms with Crippen molar-refractivity contribution < 1.29 is 9.53 Å². The molecule has 16 heavy (non-hydrogen) atoms. The molecule has 1 atom stereocenters. The molecular weight excluding hydrogens is 204 g/mol. The van der Waals surface area contributed by atoms with Crippen molar-refractivity contribution in [3.8, 4) is 0 Å². The molecule has 0 radical (unpaired) electrons. The Balaban J connectivity index is 2.06. The molecule has 1 rings (SSSR count). The highest BCUT2D eigenvalue weighted by molar-refractivity contribution is 5.75. The number of carbonyl (C=O) groups excluding carboxylic acids is 1. The molecule has 0 aromatic heterocycles. The summed E-state index contributed by atoms with van der Waals surface area (Å²) in [5.74, 6) is 0.690. The third-order valence-electron chi connectivity index (χ3n) is 3.14. The Labute approximate surface area is 97.9 Å². The standard InChI is InChI=1S/C12H24N2O2/c1-10(5-6-13)3-4-11(15)14-7-12(2)8-16-9-12/h10H,3-9,13H2,1-2H3,(H,14,15). The van der Waals surface area contributed by atoms with Crippen molar-refractivity contribution in [1.82, 2.24) is 5.32 Å². The Bertz CT molecular complexity index is 227. The summed E-state index contributed by atoms with van der Waals surface area (Å²) in [6.45, 7) is 7.23. The summed E-state index contributed by atoms with van der Waals surface area (Å²) < 4.78 is 5.14. The van der Waals surface area contributed by atoms with E-state index in [2.05, 4.69) is 19.2 Å². The summed E-state index contributed by atoms with van der Waals surface area (Å²) in [6, 6.07) is 0. The van der Waals surface area contributed by atoms with E-state index in [1.165, 1.54) is 0 Å². The third-order valence-corrected chi connectivity index (χ3v) is 3.14. The highest BCUT2D eigenvalue weighted by Crippen LogP contribution is 2.25. The van der Waals surface area contributed by atoms with E-state index in [0.717, 1.165) is 32.6 Å². The van der Waals surface area contributed by atoms with Crippen LogP contribution in [0.2, 0.25) is 0 Å². The molecule has 0 saturated carbocycles. The van der Waals surface area contributed by atoms with Gasteiger partial charge in [0.25, 0.3) is 0 Å². The lowest BCUT2D eigenvalue weighted by molar-refractivity contribution is -0.127. The van der Waals surface area contributed by atoms with Gasteiger partial charge in [0.2, 0.25) is 5.91 Å². The minimum Gasteiger partial charge on any atom is -0.380 e. The topological polar surface area (TPSA) is 64.4 Å². The zero-order chi connectivity index (χ0) is 12.0. The molecule has 4 nitrogen and oxygen atoms in total. The van der Waals surface area contributed by atoms with Crippen molar-refractivity contribution >= 4 is 5.91 Å². The van der Waals surface area contributed by atoms with Crippen LogP contribution < -0.4 is 11.1 Å². The number of hydrogen-bond donors (Lipinski definition) is 2. The van der Waals surface area contributed by atoms with Gasteiger partial charge in [-0.05, 0) is 25.3 Å². The smallest absolute Gasteiger partial charge is 0.220 e. The van der Waals surface area contributed by atoms with Crippen molar-refractivity contribution in [2.45, 2.75) is 33.1 Å². The minimum absolute atomic E-state index is 0.150. The first kappa shape index (κ1) is 13.5. The molecule has 3 N–H and O–H groups in total. The fraction of sp³-hybridized carbons (Fsp3) is 0.917. The van der Waals surface area contributed by atoms with E-state index in [1.54, 1.807) is 0 Å². The van der Waals surface area contributed by atoms with Gasteiger partial charge in [0.1, 0.15) is 0 Å². The normalized spacial score (nSPS) is 19.9. The van der Waals surface area contributed by atoms with Gasteiger partial charge in [0, 0.05) is 18.4 Å². The van der Waals surface area contributed by atoms with Gasteiger partial charge in [-0.1, -0.05) is 13.8 Å². The molecule has 0 aliphatic carbocycles. The maximum absolute atomic E-state index is 11.6. The molecule has 1 aliphatic heterocycles. The maximum Gasteiger partial charge on any atom is 0.220 e. The van der Waals surface area contributed by atoms with Crippen molar-refractivity contribution in [3.63, 3.8) is 0 Å². The maximum atomic E-state index is 11.6. The quantitative estimate of drug-likeness (QED) is 0.680. The lowest BCUT2D eigenvalue weighted by Gasteiger charge is -2.38. The second-order valence-corrected chi connectivity index (χ2v) is 5.30.